The van der Waals surface area contributed by atoms with Gasteiger partial charge in [-0.15, -0.1) is 0 Å². The highest BCUT2D eigenvalue weighted by atomic mass is 32.2. The van der Waals surface area contributed by atoms with Crippen molar-refractivity contribution in [1.82, 2.24) is 10.6 Å². The fraction of sp³-hybridized carbons (Fsp3) is 0.846. The van der Waals surface area contributed by atoms with Gasteiger partial charge in [0.25, 0.3) is 0 Å². The molecule has 0 aromatic carbocycles. The molecule has 110 valence electrons. The summed E-state index contributed by atoms with van der Waals surface area (Å²) in [6.07, 6.45) is 2.98. The molecule has 5 nitrogen and oxygen atoms in total. The topological polar surface area (TPSA) is 78.4 Å². The molecule has 1 heterocycles. The minimum Gasteiger partial charge on any atom is -0.480 e. The van der Waals surface area contributed by atoms with Gasteiger partial charge in [0.1, 0.15) is 6.04 Å². The first-order valence-corrected chi connectivity index (χ1v) is 7.77. The van der Waals surface area contributed by atoms with Crippen LogP contribution in [0.25, 0.3) is 0 Å². The normalized spacial score (nSPS) is 25.6. The van der Waals surface area contributed by atoms with Crippen molar-refractivity contribution in [3.8, 4) is 0 Å². The molecule has 3 N–H and O–H groups in total. The van der Waals surface area contributed by atoms with Crippen LogP contribution in [0, 0.1) is 5.92 Å². The van der Waals surface area contributed by atoms with Crippen molar-refractivity contribution >= 4 is 23.8 Å². The van der Waals surface area contributed by atoms with Crippen LogP contribution in [0.3, 0.4) is 0 Å². The third kappa shape index (κ3) is 4.93. The van der Waals surface area contributed by atoms with Gasteiger partial charge >= 0.3 is 12.0 Å². The number of nitrogens with one attached hydrogen (secondary N) is 2. The highest BCUT2D eigenvalue weighted by molar-refractivity contribution is 8.00. The molecule has 3 atom stereocenters. The molecular weight excluding hydrogens is 264 g/mol. The zero-order valence-corrected chi connectivity index (χ0v) is 12.7. The van der Waals surface area contributed by atoms with E-state index >= 15 is 0 Å². The molecule has 19 heavy (non-hydrogen) atoms. The van der Waals surface area contributed by atoms with Gasteiger partial charge in [-0.2, -0.15) is 11.8 Å². The van der Waals surface area contributed by atoms with Crippen LogP contribution in [0.15, 0.2) is 0 Å². The number of hydrogen-bond donors (Lipinski definition) is 3. The average Bonchev–Trinajstić information content (AvgIpc) is 2.80. The number of aliphatic carboxylic acids is 1. The molecule has 1 aliphatic rings. The molecule has 0 aliphatic carbocycles. The third-order valence-electron chi connectivity index (χ3n) is 3.69. The van der Waals surface area contributed by atoms with E-state index in [-0.39, 0.29) is 16.7 Å². The Labute approximate surface area is 118 Å². The summed E-state index contributed by atoms with van der Waals surface area (Å²) in [5.74, 6) is 0.0652. The first-order chi connectivity index (χ1) is 8.88. The predicted octanol–water partition coefficient (Wildman–Crippen LogP) is 2.07. The van der Waals surface area contributed by atoms with Crippen molar-refractivity contribution in [2.75, 3.05) is 12.3 Å². The van der Waals surface area contributed by atoms with Crippen LogP contribution in [0.2, 0.25) is 0 Å². The van der Waals surface area contributed by atoms with Gasteiger partial charge in [0, 0.05) is 11.3 Å². The van der Waals surface area contributed by atoms with Gasteiger partial charge in [-0.1, -0.05) is 20.3 Å². The Kier molecular flexibility index (Phi) is 5.97. The highest BCUT2D eigenvalue weighted by Gasteiger charge is 2.31. The molecule has 6 heteroatoms. The number of hydrogen-bond acceptors (Lipinski definition) is 3. The maximum Gasteiger partial charge on any atom is 0.326 e. The number of thioether (sulfide) groups is 1. The second kappa shape index (κ2) is 7.03. The molecule has 0 spiro atoms. The van der Waals surface area contributed by atoms with E-state index < -0.39 is 12.0 Å². The second-order valence-electron chi connectivity index (χ2n) is 5.43. The fourth-order valence-electron chi connectivity index (χ4n) is 2.12. The highest BCUT2D eigenvalue weighted by Crippen LogP contribution is 2.36. The summed E-state index contributed by atoms with van der Waals surface area (Å²) in [6, 6.07) is -1.21. The standard InChI is InChI=1S/C13H24N2O3S/c1-4-9(2)10(11(16)17)15-12(18)14-8-13(3)6-5-7-19-13/h9-10H,4-8H2,1-3H3,(H,16,17)(H2,14,15,18)/t9-,10-,13?/m0/s1. The van der Waals surface area contributed by atoms with Crippen LogP contribution in [-0.4, -0.2) is 40.2 Å². The minimum atomic E-state index is -0.981. The van der Waals surface area contributed by atoms with E-state index in [2.05, 4.69) is 17.6 Å². The smallest absolute Gasteiger partial charge is 0.326 e. The van der Waals surface area contributed by atoms with Crippen molar-refractivity contribution < 1.29 is 14.7 Å². The van der Waals surface area contributed by atoms with E-state index in [0.717, 1.165) is 12.2 Å². The Bertz CT molecular complexity index is 330. The first kappa shape index (κ1) is 16.1. The van der Waals surface area contributed by atoms with Crippen molar-refractivity contribution in [2.45, 2.75) is 50.8 Å². The summed E-state index contributed by atoms with van der Waals surface area (Å²) in [7, 11) is 0. The largest absolute Gasteiger partial charge is 0.480 e. The van der Waals surface area contributed by atoms with Crippen LogP contribution in [0.5, 0.6) is 0 Å². The molecule has 2 amide bonds. The molecule has 0 bridgehead atoms. The number of carbonyl (C=O) groups is 2. The molecule has 1 aliphatic heterocycles. The number of amides is 2. The second-order valence-corrected chi connectivity index (χ2v) is 7.11. The van der Waals surface area contributed by atoms with Crippen molar-refractivity contribution in [3.05, 3.63) is 0 Å². The Morgan fingerprint density at radius 3 is 2.63 bits per heavy atom. The maximum atomic E-state index is 11.8. The zero-order chi connectivity index (χ0) is 14.5. The van der Waals surface area contributed by atoms with Gasteiger partial charge in [-0.3, -0.25) is 0 Å². The molecule has 0 aromatic heterocycles. The molecule has 0 saturated carbocycles. The predicted molar refractivity (Wildman–Crippen MR) is 77.5 cm³/mol. The van der Waals surface area contributed by atoms with Crippen molar-refractivity contribution in [1.29, 1.82) is 0 Å². The number of carboxylic acid groups (broad SMARTS) is 1. The van der Waals surface area contributed by atoms with Crippen LogP contribution in [0.4, 0.5) is 4.79 Å². The van der Waals surface area contributed by atoms with Gasteiger partial charge in [0.15, 0.2) is 0 Å². The van der Waals surface area contributed by atoms with E-state index in [4.69, 9.17) is 5.11 Å². The lowest BCUT2D eigenvalue weighted by Gasteiger charge is -2.25. The number of rotatable bonds is 6. The Balaban J connectivity index is 2.42. The van der Waals surface area contributed by atoms with E-state index in [1.807, 2.05) is 25.6 Å². The average molecular weight is 288 g/mol. The summed E-state index contributed by atoms with van der Waals surface area (Å²) in [5, 5.41) is 14.5. The Hall–Kier alpha value is -0.910. The van der Waals surface area contributed by atoms with Crippen LogP contribution in [0.1, 0.15) is 40.0 Å². The van der Waals surface area contributed by atoms with Gasteiger partial charge in [-0.25, -0.2) is 9.59 Å². The Morgan fingerprint density at radius 1 is 1.47 bits per heavy atom. The maximum absolute atomic E-state index is 11.8. The van der Waals surface area contributed by atoms with Gasteiger partial charge in [-0.05, 0) is 31.4 Å². The van der Waals surface area contributed by atoms with Gasteiger partial charge in [0.2, 0.25) is 0 Å². The molecule has 0 aromatic rings. The zero-order valence-electron chi connectivity index (χ0n) is 11.9. The third-order valence-corrected chi connectivity index (χ3v) is 5.23. The Morgan fingerprint density at radius 2 is 2.16 bits per heavy atom. The lowest BCUT2D eigenvalue weighted by Crippen LogP contribution is -2.51. The molecule has 1 saturated heterocycles. The van der Waals surface area contributed by atoms with E-state index in [1.54, 1.807) is 0 Å². The fourth-order valence-corrected chi connectivity index (χ4v) is 3.36. The lowest BCUT2D eigenvalue weighted by molar-refractivity contribution is -0.140. The molecule has 1 unspecified atom stereocenters. The van der Waals surface area contributed by atoms with Gasteiger partial charge < -0.3 is 15.7 Å². The summed E-state index contributed by atoms with van der Waals surface area (Å²) in [4.78, 5) is 22.9. The summed E-state index contributed by atoms with van der Waals surface area (Å²) in [5.41, 5.74) is 0. The summed E-state index contributed by atoms with van der Waals surface area (Å²) >= 11 is 1.86. The van der Waals surface area contributed by atoms with Crippen molar-refractivity contribution in [3.63, 3.8) is 0 Å². The van der Waals surface area contributed by atoms with E-state index in [9.17, 15) is 9.59 Å². The molecule has 1 fully saturated rings. The monoisotopic (exact) mass is 288 g/mol. The van der Waals surface area contributed by atoms with Gasteiger partial charge in [0.05, 0.1) is 0 Å². The number of carbonyl (C=O) groups excluding carboxylic acids is 1. The molecular formula is C13H24N2O3S. The molecule has 0 radical (unpaired) electrons. The number of urea groups is 1. The van der Waals surface area contributed by atoms with Crippen LogP contribution < -0.4 is 10.6 Å². The number of carboxylic acids is 1. The summed E-state index contributed by atoms with van der Waals surface area (Å²) < 4.78 is 0.0897. The SMILES string of the molecule is CC[C@H](C)[C@H](NC(=O)NCC1(C)CCCS1)C(=O)O. The van der Waals surface area contributed by atoms with E-state index in [1.165, 1.54) is 6.42 Å². The lowest BCUT2D eigenvalue weighted by atomic mass is 9.99. The van der Waals surface area contributed by atoms with E-state index in [0.29, 0.717) is 13.0 Å². The van der Waals surface area contributed by atoms with Crippen LogP contribution in [-0.2, 0) is 4.79 Å². The van der Waals surface area contributed by atoms with Crippen molar-refractivity contribution in [2.24, 2.45) is 5.92 Å². The van der Waals surface area contributed by atoms with Crippen LogP contribution >= 0.6 is 11.8 Å². The summed E-state index contributed by atoms with van der Waals surface area (Å²) in [6.45, 7) is 6.45. The minimum absolute atomic E-state index is 0.0836. The quantitative estimate of drug-likeness (QED) is 0.699. The first-order valence-electron chi connectivity index (χ1n) is 6.79. The molecule has 1 rings (SSSR count).